The molecule has 1 atom stereocenters. The zero-order valence-corrected chi connectivity index (χ0v) is 15.0. The SMILES string of the molecule is CSCCC(NC(=O)C(C)C)C(=O)Nc1cnc2ccccc2c1. The lowest BCUT2D eigenvalue weighted by molar-refractivity contribution is -0.128. The van der Waals surface area contributed by atoms with Crippen LogP contribution in [0.5, 0.6) is 0 Å². The van der Waals surface area contributed by atoms with Crippen LogP contribution in [0.15, 0.2) is 36.5 Å². The molecule has 1 heterocycles. The number of benzene rings is 1. The van der Waals surface area contributed by atoms with Gasteiger partial charge >= 0.3 is 0 Å². The van der Waals surface area contributed by atoms with Crippen LogP contribution in [0.1, 0.15) is 20.3 Å². The quantitative estimate of drug-likeness (QED) is 0.809. The lowest BCUT2D eigenvalue weighted by Crippen LogP contribution is -2.45. The molecule has 2 N–H and O–H groups in total. The minimum atomic E-state index is -0.543. The predicted octanol–water partition coefficient (Wildman–Crippen LogP) is 3.07. The number of hydrogen-bond donors (Lipinski definition) is 2. The number of hydrogen-bond acceptors (Lipinski definition) is 4. The van der Waals surface area contributed by atoms with Gasteiger partial charge in [0.2, 0.25) is 11.8 Å². The highest BCUT2D eigenvalue weighted by atomic mass is 32.2. The summed E-state index contributed by atoms with van der Waals surface area (Å²) in [6, 6.07) is 9.07. The third kappa shape index (κ3) is 4.96. The van der Waals surface area contributed by atoms with Crippen molar-refractivity contribution in [2.45, 2.75) is 26.3 Å². The Balaban J connectivity index is 2.10. The number of anilines is 1. The summed E-state index contributed by atoms with van der Waals surface area (Å²) in [7, 11) is 0. The van der Waals surface area contributed by atoms with Crippen LogP contribution in [0, 0.1) is 5.92 Å². The van der Waals surface area contributed by atoms with E-state index in [0.717, 1.165) is 16.7 Å². The number of fused-ring (bicyclic) bond motifs is 1. The number of aromatic nitrogens is 1. The van der Waals surface area contributed by atoms with Crippen LogP contribution in [-0.4, -0.2) is 34.8 Å². The van der Waals surface area contributed by atoms with Gasteiger partial charge in [-0.05, 0) is 30.6 Å². The van der Waals surface area contributed by atoms with Gasteiger partial charge in [-0.3, -0.25) is 14.6 Å². The molecule has 2 amide bonds. The molecule has 0 bridgehead atoms. The first-order chi connectivity index (χ1) is 11.5. The third-order valence-corrected chi connectivity index (χ3v) is 4.27. The average Bonchev–Trinajstić information content (AvgIpc) is 2.58. The Labute approximate surface area is 146 Å². The number of carbonyl (C=O) groups excluding carboxylic acids is 2. The van der Waals surface area contributed by atoms with E-state index in [0.29, 0.717) is 12.1 Å². The molecule has 0 aliphatic rings. The van der Waals surface area contributed by atoms with Crippen molar-refractivity contribution in [3.05, 3.63) is 36.5 Å². The first kappa shape index (κ1) is 18.3. The molecular formula is C18H23N3O2S. The minimum absolute atomic E-state index is 0.118. The number of rotatable bonds is 7. The van der Waals surface area contributed by atoms with Crippen molar-refractivity contribution in [3.8, 4) is 0 Å². The fraction of sp³-hybridized carbons (Fsp3) is 0.389. The Bertz CT molecular complexity index is 718. The molecule has 0 saturated carbocycles. The second kappa shape index (κ2) is 8.68. The smallest absolute Gasteiger partial charge is 0.247 e. The maximum Gasteiger partial charge on any atom is 0.247 e. The Morgan fingerprint density at radius 1 is 1.21 bits per heavy atom. The molecule has 128 valence electrons. The average molecular weight is 345 g/mol. The van der Waals surface area contributed by atoms with E-state index in [1.54, 1.807) is 18.0 Å². The van der Waals surface area contributed by atoms with Gasteiger partial charge < -0.3 is 10.6 Å². The summed E-state index contributed by atoms with van der Waals surface area (Å²) >= 11 is 1.65. The highest BCUT2D eigenvalue weighted by molar-refractivity contribution is 7.98. The van der Waals surface area contributed by atoms with Gasteiger partial charge in [0.05, 0.1) is 17.4 Å². The summed E-state index contributed by atoms with van der Waals surface area (Å²) < 4.78 is 0. The van der Waals surface area contributed by atoms with E-state index in [-0.39, 0.29) is 17.7 Å². The number of amides is 2. The molecule has 0 fully saturated rings. The fourth-order valence-corrected chi connectivity index (χ4v) is 2.68. The lowest BCUT2D eigenvalue weighted by Gasteiger charge is -2.19. The van der Waals surface area contributed by atoms with Gasteiger partial charge in [-0.25, -0.2) is 0 Å². The molecule has 0 aliphatic carbocycles. The van der Waals surface area contributed by atoms with Gasteiger partial charge in [0.1, 0.15) is 6.04 Å². The van der Waals surface area contributed by atoms with E-state index >= 15 is 0 Å². The van der Waals surface area contributed by atoms with Crippen molar-refractivity contribution < 1.29 is 9.59 Å². The Morgan fingerprint density at radius 2 is 1.96 bits per heavy atom. The van der Waals surface area contributed by atoms with E-state index in [1.807, 2.05) is 50.4 Å². The Morgan fingerprint density at radius 3 is 2.67 bits per heavy atom. The van der Waals surface area contributed by atoms with Crippen LogP contribution < -0.4 is 10.6 Å². The first-order valence-corrected chi connectivity index (χ1v) is 9.35. The van der Waals surface area contributed by atoms with Gasteiger partial charge in [-0.2, -0.15) is 11.8 Å². The largest absolute Gasteiger partial charge is 0.344 e. The van der Waals surface area contributed by atoms with Gasteiger partial charge in [0, 0.05) is 11.3 Å². The maximum absolute atomic E-state index is 12.5. The highest BCUT2D eigenvalue weighted by Crippen LogP contribution is 2.16. The van der Waals surface area contributed by atoms with Gasteiger partial charge in [0.25, 0.3) is 0 Å². The van der Waals surface area contributed by atoms with E-state index in [4.69, 9.17) is 0 Å². The second-order valence-corrected chi connectivity index (χ2v) is 6.89. The van der Waals surface area contributed by atoms with E-state index in [1.165, 1.54) is 0 Å². The summed E-state index contributed by atoms with van der Waals surface area (Å²) in [5, 5.41) is 6.65. The molecule has 2 aromatic rings. The summed E-state index contributed by atoms with van der Waals surface area (Å²) in [5.74, 6) is 0.312. The molecule has 1 unspecified atom stereocenters. The predicted molar refractivity (Wildman–Crippen MR) is 100 cm³/mol. The zero-order valence-electron chi connectivity index (χ0n) is 14.2. The third-order valence-electron chi connectivity index (χ3n) is 3.63. The number of nitrogens with one attached hydrogen (secondary N) is 2. The number of carbonyl (C=O) groups is 2. The van der Waals surface area contributed by atoms with Crippen molar-refractivity contribution in [1.29, 1.82) is 0 Å². The molecule has 6 heteroatoms. The Hall–Kier alpha value is -2.08. The van der Waals surface area contributed by atoms with E-state index in [2.05, 4.69) is 15.6 Å². The van der Waals surface area contributed by atoms with Crippen molar-refractivity contribution in [2.24, 2.45) is 5.92 Å². The zero-order chi connectivity index (χ0) is 17.5. The molecule has 1 aromatic carbocycles. The monoisotopic (exact) mass is 345 g/mol. The number of thioether (sulfide) groups is 1. The van der Waals surface area contributed by atoms with Crippen LogP contribution in [0.2, 0.25) is 0 Å². The molecule has 0 aliphatic heterocycles. The number of nitrogens with zero attached hydrogens (tertiary/aromatic N) is 1. The molecule has 24 heavy (non-hydrogen) atoms. The van der Waals surface area contributed by atoms with Crippen molar-refractivity contribution in [1.82, 2.24) is 10.3 Å². The van der Waals surface area contributed by atoms with Gasteiger partial charge in [-0.15, -0.1) is 0 Å². The van der Waals surface area contributed by atoms with Crippen LogP contribution in [0.4, 0.5) is 5.69 Å². The highest BCUT2D eigenvalue weighted by Gasteiger charge is 2.21. The Kier molecular flexibility index (Phi) is 6.61. The maximum atomic E-state index is 12.5. The lowest BCUT2D eigenvalue weighted by atomic mass is 10.1. The molecule has 1 aromatic heterocycles. The van der Waals surface area contributed by atoms with Crippen molar-refractivity contribution >= 4 is 40.2 Å². The molecule has 0 radical (unpaired) electrons. The molecule has 2 rings (SSSR count). The normalized spacial score (nSPS) is 12.2. The number of pyridine rings is 1. The summed E-state index contributed by atoms with van der Waals surface area (Å²) in [6.45, 7) is 3.62. The molecular weight excluding hydrogens is 322 g/mol. The van der Waals surface area contributed by atoms with E-state index < -0.39 is 6.04 Å². The summed E-state index contributed by atoms with van der Waals surface area (Å²) in [6.07, 6.45) is 4.20. The number of para-hydroxylation sites is 1. The minimum Gasteiger partial charge on any atom is -0.344 e. The van der Waals surface area contributed by atoms with Crippen LogP contribution in [-0.2, 0) is 9.59 Å². The summed E-state index contributed by atoms with van der Waals surface area (Å²) in [5.41, 5.74) is 1.51. The molecule has 0 saturated heterocycles. The van der Waals surface area contributed by atoms with Crippen LogP contribution in [0.25, 0.3) is 10.9 Å². The standard InChI is InChI=1S/C18H23N3O2S/c1-12(2)17(22)21-16(8-9-24-3)18(23)20-14-10-13-6-4-5-7-15(13)19-11-14/h4-7,10-12,16H,8-9H2,1-3H3,(H,20,23)(H,21,22). The molecule has 5 nitrogen and oxygen atoms in total. The van der Waals surface area contributed by atoms with E-state index in [9.17, 15) is 9.59 Å². The van der Waals surface area contributed by atoms with Crippen LogP contribution >= 0.6 is 11.8 Å². The van der Waals surface area contributed by atoms with Gasteiger partial charge in [-0.1, -0.05) is 32.0 Å². The van der Waals surface area contributed by atoms with Crippen LogP contribution in [0.3, 0.4) is 0 Å². The molecule has 0 spiro atoms. The van der Waals surface area contributed by atoms with Gasteiger partial charge in [0.15, 0.2) is 0 Å². The van der Waals surface area contributed by atoms with Crippen molar-refractivity contribution in [2.75, 3.05) is 17.3 Å². The fourth-order valence-electron chi connectivity index (χ4n) is 2.21. The van der Waals surface area contributed by atoms with Crippen molar-refractivity contribution in [3.63, 3.8) is 0 Å². The summed E-state index contributed by atoms with van der Waals surface area (Å²) in [4.78, 5) is 28.8. The topological polar surface area (TPSA) is 71.1 Å². The first-order valence-electron chi connectivity index (χ1n) is 7.96. The second-order valence-electron chi connectivity index (χ2n) is 5.90.